The van der Waals surface area contributed by atoms with Gasteiger partial charge in [-0.25, -0.2) is 9.59 Å². The number of nitrogens with zero attached hydrogens (tertiary/aromatic N) is 1. The molecule has 2 aliphatic heterocycles. The Morgan fingerprint density at radius 3 is 2.58 bits per heavy atom. The molecule has 0 radical (unpaired) electrons. The fourth-order valence-corrected chi connectivity index (χ4v) is 2.55. The number of aliphatic carboxylic acids is 1. The minimum absolute atomic E-state index is 0.0425. The van der Waals surface area contributed by atoms with E-state index in [1.165, 1.54) is 4.90 Å². The van der Waals surface area contributed by atoms with Crippen LogP contribution in [-0.4, -0.2) is 52.5 Å². The average molecular weight is 271 g/mol. The summed E-state index contributed by atoms with van der Waals surface area (Å²) in [6.45, 7) is 6.32. The van der Waals surface area contributed by atoms with Crippen LogP contribution in [0.1, 0.15) is 40.0 Å². The largest absolute Gasteiger partial charge is 0.479 e. The molecule has 2 aliphatic rings. The van der Waals surface area contributed by atoms with Crippen LogP contribution in [-0.2, 0) is 14.3 Å². The van der Waals surface area contributed by atoms with Crippen LogP contribution in [0.4, 0.5) is 4.79 Å². The number of carboxylic acid groups (broad SMARTS) is 1. The standard InChI is InChI=1S/C13H21NO5/c1-12(2,3)19-11(17)14-6-4-5-13(14,10(15)16)7-9-8-18-9/h9H,4-8H2,1-3H3,(H,15,16)/t9?,13-/m1/s1. The summed E-state index contributed by atoms with van der Waals surface area (Å²) in [7, 11) is 0. The van der Waals surface area contributed by atoms with Crippen molar-refractivity contribution in [2.75, 3.05) is 13.2 Å². The summed E-state index contributed by atoms with van der Waals surface area (Å²) >= 11 is 0. The van der Waals surface area contributed by atoms with Gasteiger partial charge in [-0.2, -0.15) is 0 Å². The highest BCUT2D eigenvalue weighted by Gasteiger charge is 2.54. The monoisotopic (exact) mass is 271 g/mol. The van der Waals surface area contributed by atoms with Gasteiger partial charge < -0.3 is 14.6 Å². The van der Waals surface area contributed by atoms with Crippen molar-refractivity contribution < 1.29 is 24.2 Å². The predicted molar refractivity (Wildman–Crippen MR) is 66.9 cm³/mol. The van der Waals surface area contributed by atoms with Gasteiger partial charge in [-0.15, -0.1) is 0 Å². The van der Waals surface area contributed by atoms with Gasteiger partial charge >= 0.3 is 12.1 Å². The Morgan fingerprint density at radius 1 is 1.47 bits per heavy atom. The SMILES string of the molecule is CC(C)(C)OC(=O)N1CCC[C@@]1(CC1CO1)C(=O)O. The third-order valence-electron chi connectivity index (χ3n) is 3.47. The van der Waals surface area contributed by atoms with Crippen LogP contribution in [0, 0.1) is 0 Å². The molecule has 108 valence electrons. The Labute approximate surface area is 112 Å². The van der Waals surface area contributed by atoms with Crippen molar-refractivity contribution >= 4 is 12.1 Å². The van der Waals surface area contributed by atoms with Crippen molar-refractivity contribution in [1.82, 2.24) is 4.90 Å². The van der Waals surface area contributed by atoms with E-state index in [9.17, 15) is 14.7 Å². The molecule has 1 amide bonds. The first kappa shape index (κ1) is 14.1. The number of amides is 1. The lowest BCUT2D eigenvalue weighted by Crippen LogP contribution is -2.55. The summed E-state index contributed by atoms with van der Waals surface area (Å²) in [4.78, 5) is 25.2. The van der Waals surface area contributed by atoms with E-state index in [0.717, 1.165) is 0 Å². The summed E-state index contributed by atoms with van der Waals surface area (Å²) in [6, 6.07) is 0. The minimum Gasteiger partial charge on any atom is -0.479 e. The van der Waals surface area contributed by atoms with Gasteiger partial charge in [0.05, 0.1) is 12.7 Å². The predicted octanol–water partition coefficient (Wildman–Crippen LogP) is 1.63. The summed E-state index contributed by atoms with van der Waals surface area (Å²) < 4.78 is 10.4. The molecule has 0 aromatic rings. The van der Waals surface area contributed by atoms with Gasteiger partial charge in [0.15, 0.2) is 0 Å². The van der Waals surface area contributed by atoms with E-state index >= 15 is 0 Å². The number of carboxylic acids is 1. The molecule has 2 heterocycles. The van der Waals surface area contributed by atoms with E-state index in [-0.39, 0.29) is 6.10 Å². The summed E-state index contributed by atoms with van der Waals surface area (Å²) in [5.41, 5.74) is -1.79. The van der Waals surface area contributed by atoms with Gasteiger partial charge in [0.2, 0.25) is 0 Å². The highest BCUT2D eigenvalue weighted by molar-refractivity contribution is 5.85. The topological polar surface area (TPSA) is 79.4 Å². The molecule has 0 saturated carbocycles. The maximum Gasteiger partial charge on any atom is 0.411 e. The molecule has 0 aliphatic carbocycles. The second-order valence-electron chi connectivity index (χ2n) is 6.23. The molecule has 0 aromatic heterocycles. The van der Waals surface area contributed by atoms with Crippen LogP contribution in [0.5, 0.6) is 0 Å². The number of rotatable bonds is 3. The number of epoxide rings is 1. The molecule has 0 spiro atoms. The number of ether oxygens (including phenoxy) is 2. The van der Waals surface area contributed by atoms with E-state index in [0.29, 0.717) is 32.4 Å². The maximum absolute atomic E-state index is 12.2. The zero-order valence-electron chi connectivity index (χ0n) is 11.6. The number of carbonyl (C=O) groups is 2. The Kier molecular flexibility index (Phi) is 3.47. The Morgan fingerprint density at radius 2 is 2.11 bits per heavy atom. The summed E-state index contributed by atoms with van der Waals surface area (Å²) in [5, 5.41) is 9.55. The van der Waals surface area contributed by atoms with Crippen molar-refractivity contribution in [3.05, 3.63) is 0 Å². The molecule has 2 rings (SSSR count). The van der Waals surface area contributed by atoms with Gasteiger partial charge in [-0.3, -0.25) is 4.90 Å². The maximum atomic E-state index is 12.2. The number of hydrogen-bond donors (Lipinski definition) is 1. The molecule has 2 atom stereocenters. The first-order chi connectivity index (χ1) is 8.74. The number of carbonyl (C=O) groups excluding carboxylic acids is 1. The second kappa shape index (κ2) is 4.67. The zero-order chi connectivity index (χ0) is 14.3. The smallest absolute Gasteiger partial charge is 0.411 e. The third kappa shape index (κ3) is 3.00. The van der Waals surface area contributed by atoms with Crippen molar-refractivity contribution in [1.29, 1.82) is 0 Å². The van der Waals surface area contributed by atoms with Crippen LogP contribution in [0.25, 0.3) is 0 Å². The molecule has 0 aromatic carbocycles. The van der Waals surface area contributed by atoms with Crippen LogP contribution >= 0.6 is 0 Å². The van der Waals surface area contributed by atoms with Crippen LogP contribution in [0.15, 0.2) is 0 Å². The second-order valence-corrected chi connectivity index (χ2v) is 6.23. The van der Waals surface area contributed by atoms with Crippen LogP contribution < -0.4 is 0 Å². The van der Waals surface area contributed by atoms with Crippen molar-refractivity contribution in [2.45, 2.75) is 57.3 Å². The Hall–Kier alpha value is -1.30. The highest BCUT2D eigenvalue weighted by atomic mass is 16.6. The van der Waals surface area contributed by atoms with Crippen molar-refractivity contribution in [2.24, 2.45) is 0 Å². The van der Waals surface area contributed by atoms with Gasteiger partial charge in [0.1, 0.15) is 11.1 Å². The fraction of sp³-hybridized carbons (Fsp3) is 0.846. The van der Waals surface area contributed by atoms with E-state index in [4.69, 9.17) is 9.47 Å². The van der Waals surface area contributed by atoms with Crippen molar-refractivity contribution in [3.8, 4) is 0 Å². The van der Waals surface area contributed by atoms with Crippen LogP contribution in [0.2, 0.25) is 0 Å². The lowest BCUT2D eigenvalue weighted by atomic mass is 9.90. The van der Waals surface area contributed by atoms with E-state index < -0.39 is 23.2 Å². The summed E-state index contributed by atoms with van der Waals surface area (Å²) in [6.07, 6.45) is 0.897. The zero-order valence-corrected chi connectivity index (χ0v) is 11.6. The van der Waals surface area contributed by atoms with Gasteiger partial charge in [-0.1, -0.05) is 0 Å². The van der Waals surface area contributed by atoms with E-state index in [1.54, 1.807) is 20.8 Å². The van der Waals surface area contributed by atoms with Gasteiger partial charge in [0, 0.05) is 13.0 Å². The third-order valence-corrected chi connectivity index (χ3v) is 3.47. The quantitative estimate of drug-likeness (QED) is 0.789. The number of hydrogen-bond acceptors (Lipinski definition) is 4. The van der Waals surface area contributed by atoms with E-state index in [1.807, 2.05) is 0 Å². The molecule has 1 N–H and O–H groups in total. The lowest BCUT2D eigenvalue weighted by molar-refractivity contribution is -0.150. The van der Waals surface area contributed by atoms with E-state index in [2.05, 4.69) is 0 Å². The minimum atomic E-state index is -1.16. The molecule has 2 saturated heterocycles. The molecular weight excluding hydrogens is 250 g/mol. The highest BCUT2D eigenvalue weighted by Crippen LogP contribution is 2.38. The normalized spacial score (nSPS) is 30.3. The molecule has 6 heteroatoms. The average Bonchev–Trinajstić information content (AvgIpc) is 2.92. The summed E-state index contributed by atoms with van der Waals surface area (Å²) in [5.74, 6) is -0.966. The van der Waals surface area contributed by atoms with Gasteiger partial charge in [-0.05, 0) is 33.6 Å². The molecule has 0 bridgehead atoms. The molecule has 2 fully saturated rings. The van der Waals surface area contributed by atoms with Gasteiger partial charge in [0.25, 0.3) is 0 Å². The fourth-order valence-electron chi connectivity index (χ4n) is 2.55. The molecule has 6 nitrogen and oxygen atoms in total. The Balaban J connectivity index is 2.16. The first-order valence-electron chi connectivity index (χ1n) is 6.60. The molecule has 1 unspecified atom stereocenters. The first-order valence-corrected chi connectivity index (χ1v) is 6.60. The number of likely N-dealkylation sites (tertiary alicyclic amines) is 1. The van der Waals surface area contributed by atoms with Crippen LogP contribution in [0.3, 0.4) is 0 Å². The Bertz CT molecular complexity index is 385. The molecule has 19 heavy (non-hydrogen) atoms. The molecular formula is C13H21NO5. The van der Waals surface area contributed by atoms with Crippen molar-refractivity contribution in [3.63, 3.8) is 0 Å². The lowest BCUT2D eigenvalue weighted by Gasteiger charge is -2.35.